The molecule has 1 heterocycles. The minimum Gasteiger partial charge on any atom is -0.468 e. The summed E-state index contributed by atoms with van der Waals surface area (Å²) < 4.78 is 14.9. The van der Waals surface area contributed by atoms with Crippen molar-refractivity contribution in [1.82, 2.24) is 5.23 Å². The van der Waals surface area contributed by atoms with Crippen molar-refractivity contribution in [2.75, 3.05) is 14.2 Å². The lowest BCUT2D eigenvalue weighted by Crippen LogP contribution is -2.43. The molecular weight excluding hydrogens is 258 g/mol. The Bertz CT molecular complexity index is 329. The average molecular weight is 277 g/mol. The van der Waals surface area contributed by atoms with Crippen LogP contribution in [-0.4, -0.2) is 51.8 Å². The Morgan fingerprint density at radius 1 is 1.17 bits per heavy atom. The molecule has 7 nitrogen and oxygen atoms in total. The highest BCUT2D eigenvalue weighted by molar-refractivity contribution is 6.69. The van der Waals surface area contributed by atoms with Crippen LogP contribution in [0.3, 0.4) is 0 Å². The number of nitrogens with zero attached hydrogens (tertiary/aromatic N) is 1. The molecule has 0 aliphatic carbocycles. The van der Waals surface area contributed by atoms with E-state index in [4.69, 9.17) is 9.36 Å². The Hall–Kier alpha value is -0.963. The van der Waals surface area contributed by atoms with Gasteiger partial charge in [-0.15, -0.1) is 0 Å². The van der Waals surface area contributed by atoms with Crippen LogP contribution in [0.25, 0.3) is 0 Å². The van der Waals surface area contributed by atoms with Crippen molar-refractivity contribution in [3.63, 3.8) is 0 Å². The largest absolute Gasteiger partial charge is 0.468 e. The number of rotatable bonds is 4. The van der Waals surface area contributed by atoms with Crippen LogP contribution < -0.4 is 0 Å². The highest BCUT2D eigenvalue weighted by atomic mass is 28.4. The number of hydrogen-bond acceptors (Lipinski definition) is 7. The standard InChI is InChI=1S/C10H19NO6Si/c1-14-9(12)7-6-8(10(13)15-2)16-11(7)17-18(3,4)5/h7-8H,6H2,1-5H3/t7-,8-/m1/s1. The van der Waals surface area contributed by atoms with E-state index in [1.54, 1.807) is 0 Å². The van der Waals surface area contributed by atoms with E-state index in [0.29, 0.717) is 0 Å². The molecule has 0 aromatic heterocycles. The molecule has 0 bridgehead atoms. The maximum absolute atomic E-state index is 11.6. The van der Waals surface area contributed by atoms with Gasteiger partial charge in [-0.05, 0) is 19.6 Å². The summed E-state index contributed by atoms with van der Waals surface area (Å²) in [6.45, 7) is 5.82. The molecular formula is C10H19NO6Si. The molecule has 1 rings (SSSR count). The molecule has 18 heavy (non-hydrogen) atoms. The highest BCUT2D eigenvalue weighted by Crippen LogP contribution is 2.25. The summed E-state index contributed by atoms with van der Waals surface area (Å²) in [7, 11) is 0.587. The Labute approximate surface area is 107 Å². The third-order valence-corrected chi connectivity index (χ3v) is 2.95. The van der Waals surface area contributed by atoms with Gasteiger partial charge in [0.25, 0.3) is 0 Å². The summed E-state index contributed by atoms with van der Waals surface area (Å²) in [6, 6.07) is -0.745. The van der Waals surface area contributed by atoms with Crippen LogP contribution in [0.15, 0.2) is 0 Å². The second-order valence-corrected chi connectivity index (χ2v) is 9.29. The van der Waals surface area contributed by atoms with Crippen LogP contribution in [0.5, 0.6) is 0 Å². The molecule has 0 N–H and O–H groups in total. The lowest BCUT2D eigenvalue weighted by Gasteiger charge is -2.27. The Kier molecular flexibility index (Phi) is 4.85. The van der Waals surface area contributed by atoms with Crippen molar-refractivity contribution in [2.45, 2.75) is 38.2 Å². The summed E-state index contributed by atoms with van der Waals surface area (Å²) in [6.07, 6.45) is -0.681. The number of carbonyl (C=O) groups excluding carboxylic acids is 2. The highest BCUT2D eigenvalue weighted by Gasteiger charge is 2.45. The summed E-state index contributed by atoms with van der Waals surface area (Å²) in [4.78, 5) is 28.3. The van der Waals surface area contributed by atoms with E-state index in [-0.39, 0.29) is 6.42 Å². The molecule has 0 spiro atoms. The fourth-order valence-corrected chi connectivity index (χ4v) is 2.18. The monoisotopic (exact) mass is 277 g/mol. The molecule has 0 saturated carbocycles. The van der Waals surface area contributed by atoms with Gasteiger partial charge < -0.3 is 14.0 Å². The van der Waals surface area contributed by atoms with E-state index in [1.807, 2.05) is 19.6 Å². The van der Waals surface area contributed by atoms with Gasteiger partial charge in [0.2, 0.25) is 8.32 Å². The van der Waals surface area contributed by atoms with Gasteiger partial charge in [-0.25, -0.2) is 4.79 Å². The number of hydrogen-bond donors (Lipinski definition) is 0. The lowest BCUT2D eigenvalue weighted by molar-refractivity contribution is -0.321. The normalized spacial score (nSPS) is 24.9. The van der Waals surface area contributed by atoms with Crippen molar-refractivity contribution in [3.05, 3.63) is 0 Å². The minimum atomic E-state index is -1.96. The second-order valence-electron chi connectivity index (χ2n) is 4.88. The van der Waals surface area contributed by atoms with Crippen LogP contribution in [0.4, 0.5) is 0 Å². The summed E-state index contributed by atoms with van der Waals surface area (Å²) in [5.41, 5.74) is 0. The van der Waals surface area contributed by atoms with E-state index in [1.165, 1.54) is 14.2 Å². The molecule has 0 radical (unpaired) electrons. The van der Waals surface area contributed by atoms with E-state index >= 15 is 0 Å². The zero-order valence-electron chi connectivity index (χ0n) is 11.3. The van der Waals surface area contributed by atoms with Crippen LogP contribution in [0.2, 0.25) is 19.6 Å². The molecule has 8 heteroatoms. The van der Waals surface area contributed by atoms with Crippen LogP contribution >= 0.6 is 0 Å². The van der Waals surface area contributed by atoms with Gasteiger partial charge in [0.15, 0.2) is 12.1 Å². The number of hydroxylamine groups is 2. The predicted octanol–water partition coefficient (Wildman–Crippen LogP) is 0.473. The van der Waals surface area contributed by atoms with Gasteiger partial charge in [0.1, 0.15) is 0 Å². The van der Waals surface area contributed by atoms with Gasteiger partial charge in [0.05, 0.1) is 14.2 Å². The minimum absolute atomic E-state index is 0.157. The van der Waals surface area contributed by atoms with Crippen LogP contribution in [0, 0.1) is 0 Å². The summed E-state index contributed by atoms with van der Waals surface area (Å²) in [5.74, 6) is -1.04. The van der Waals surface area contributed by atoms with Gasteiger partial charge in [-0.1, -0.05) is 5.23 Å². The van der Waals surface area contributed by atoms with Crippen molar-refractivity contribution in [1.29, 1.82) is 0 Å². The first-order valence-corrected chi connectivity index (χ1v) is 9.00. The third kappa shape index (κ3) is 3.77. The quantitative estimate of drug-likeness (QED) is 0.546. The molecule has 1 fully saturated rings. The zero-order valence-corrected chi connectivity index (χ0v) is 12.3. The third-order valence-electron chi connectivity index (χ3n) is 2.22. The molecule has 1 aliphatic heterocycles. The first kappa shape index (κ1) is 15.1. The molecule has 0 aromatic carbocycles. The maximum Gasteiger partial charge on any atom is 0.337 e. The molecule has 0 amide bonds. The molecule has 0 aromatic rings. The number of methoxy groups -OCH3 is 2. The Balaban J connectivity index is 2.78. The number of ether oxygens (including phenoxy) is 2. The fraction of sp³-hybridized carbons (Fsp3) is 0.800. The van der Waals surface area contributed by atoms with Crippen molar-refractivity contribution >= 4 is 20.3 Å². The lowest BCUT2D eigenvalue weighted by atomic mass is 10.1. The molecule has 0 unspecified atom stereocenters. The van der Waals surface area contributed by atoms with Crippen LogP contribution in [0.1, 0.15) is 6.42 Å². The maximum atomic E-state index is 11.6. The van der Waals surface area contributed by atoms with E-state index in [2.05, 4.69) is 9.47 Å². The first-order chi connectivity index (χ1) is 8.28. The predicted molar refractivity (Wildman–Crippen MR) is 63.6 cm³/mol. The summed E-state index contributed by atoms with van der Waals surface area (Å²) in [5, 5.41) is 1.08. The molecule has 1 aliphatic rings. The Morgan fingerprint density at radius 2 is 1.72 bits per heavy atom. The average Bonchev–Trinajstić information content (AvgIpc) is 2.68. The smallest absolute Gasteiger partial charge is 0.337 e. The number of carbonyl (C=O) groups is 2. The van der Waals surface area contributed by atoms with Gasteiger partial charge in [-0.2, -0.15) is 0 Å². The van der Waals surface area contributed by atoms with Gasteiger partial charge in [0, 0.05) is 6.42 Å². The second kappa shape index (κ2) is 5.78. The van der Waals surface area contributed by atoms with Crippen LogP contribution in [-0.2, 0) is 28.4 Å². The van der Waals surface area contributed by atoms with Gasteiger partial charge >= 0.3 is 11.9 Å². The number of esters is 2. The topological polar surface area (TPSA) is 74.3 Å². The van der Waals surface area contributed by atoms with E-state index < -0.39 is 32.4 Å². The van der Waals surface area contributed by atoms with Crippen molar-refractivity contribution in [3.8, 4) is 0 Å². The first-order valence-electron chi connectivity index (χ1n) is 5.59. The van der Waals surface area contributed by atoms with E-state index in [9.17, 15) is 9.59 Å². The summed E-state index contributed by atoms with van der Waals surface area (Å²) >= 11 is 0. The molecule has 2 atom stereocenters. The SMILES string of the molecule is COC(=O)[C@H]1C[C@H](C(=O)OC)ON1O[Si](C)(C)C. The van der Waals surface area contributed by atoms with E-state index in [0.717, 1.165) is 5.23 Å². The Morgan fingerprint density at radius 3 is 2.17 bits per heavy atom. The van der Waals surface area contributed by atoms with Gasteiger partial charge in [-0.3, -0.25) is 9.63 Å². The van der Waals surface area contributed by atoms with Crippen molar-refractivity contribution < 1.29 is 28.4 Å². The van der Waals surface area contributed by atoms with Crippen molar-refractivity contribution in [2.24, 2.45) is 0 Å². The molecule has 1 saturated heterocycles. The zero-order chi connectivity index (χ0) is 13.9. The fourth-order valence-electron chi connectivity index (χ4n) is 1.47. The molecule has 104 valence electrons.